The fourth-order valence-electron chi connectivity index (χ4n) is 0.947. The molecule has 0 spiro atoms. The minimum Gasteiger partial charge on any atom is -0.465 e. The summed E-state index contributed by atoms with van der Waals surface area (Å²) in [5, 5.41) is -0.260. The number of carbonyl (C=O) groups excluding carboxylic acids is 1. The van der Waals surface area contributed by atoms with E-state index in [1.807, 2.05) is 0 Å². The molecule has 0 aliphatic rings. The number of anilines is 1. The molecule has 1 rings (SSSR count). The van der Waals surface area contributed by atoms with Crippen molar-refractivity contribution in [2.24, 2.45) is 0 Å². The lowest BCUT2D eigenvalue weighted by Gasteiger charge is -2.07. The first-order valence-corrected chi connectivity index (χ1v) is 4.17. The third kappa shape index (κ3) is 2.33. The molecule has 0 saturated heterocycles. The zero-order valence-corrected chi connectivity index (χ0v) is 8.39. The topological polar surface area (TPSA) is 65.2 Å². The molecular weight excluding hydrogens is 230 g/mol. The fourth-order valence-corrected chi connectivity index (χ4v) is 1.17. The highest BCUT2D eigenvalue weighted by Crippen LogP contribution is 2.27. The van der Waals surface area contributed by atoms with Crippen molar-refractivity contribution in [3.63, 3.8) is 0 Å². The quantitative estimate of drug-likeness (QED) is 0.630. The first-order valence-electron chi connectivity index (χ1n) is 3.79. The van der Waals surface area contributed by atoms with Crippen molar-refractivity contribution in [3.05, 3.63) is 22.3 Å². The Morgan fingerprint density at radius 3 is 2.73 bits per heavy atom. The molecule has 0 unspecified atom stereocenters. The summed E-state index contributed by atoms with van der Waals surface area (Å²) in [4.78, 5) is 14.5. The van der Waals surface area contributed by atoms with Gasteiger partial charge in [-0.25, -0.2) is 18.6 Å². The summed E-state index contributed by atoms with van der Waals surface area (Å²) in [6.07, 6.45) is -2.82. The average molecular weight is 237 g/mol. The maximum atomic E-state index is 12.4. The highest BCUT2D eigenvalue weighted by atomic mass is 35.5. The van der Waals surface area contributed by atoms with Crippen LogP contribution in [0, 0.1) is 0 Å². The lowest BCUT2D eigenvalue weighted by Crippen LogP contribution is -2.07. The smallest absolute Gasteiger partial charge is 0.341 e. The number of hydrogen-bond acceptors (Lipinski definition) is 4. The Hall–Kier alpha value is -1.43. The summed E-state index contributed by atoms with van der Waals surface area (Å²) in [5.74, 6) is -1.24. The number of nitrogens with two attached hydrogens (primary N) is 1. The van der Waals surface area contributed by atoms with E-state index >= 15 is 0 Å². The lowest BCUT2D eigenvalue weighted by atomic mass is 10.2. The summed E-state index contributed by atoms with van der Waals surface area (Å²) >= 11 is 5.54. The fraction of sp³-hybridized carbons (Fsp3) is 0.250. The van der Waals surface area contributed by atoms with E-state index in [1.165, 1.54) is 0 Å². The number of nitrogen functional groups attached to an aromatic ring is 1. The number of methoxy groups -OCH3 is 1. The van der Waals surface area contributed by atoms with Gasteiger partial charge < -0.3 is 10.5 Å². The summed E-state index contributed by atoms with van der Waals surface area (Å²) in [6, 6.07) is 0.876. The second kappa shape index (κ2) is 4.39. The Balaban J connectivity index is 3.29. The van der Waals surface area contributed by atoms with Crippen LogP contribution in [0.4, 0.5) is 14.6 Å². The number of carbonyl (C=O) groups is 1. The number of pyridine rings is 1. The molecular formula is C8H7ClF2N2O2. The molecule has 0 bridgehead atoms. The minimum atomic E-state index is -2.82. The molecule has 0 aliphatic carbocycles. The van der Waals surface area contributed by atoms with Crippen LogP contribution < -0.4 is 5.73 Å². The van der Waals surface area contributed by atoms with Crippen LogP contribution in [0.2, 0.25) is 5.15 Å². The van der Waals surface area contributed by atoms with Gasteiger partial charge in [-0.1, -0.05) is 11.6 Å². The molecule has 1 aromatic heterocycles. The normalized spacial score (nSPS) is 10.5. The van der Waals surface area contributed by atoms with Crippen LogP contribution in [0.15, 0.2) is 6.07 Å². The molecule has 1 heterocycles. The number of ether oxygens (including phenoxy) is 1. The summed E-state index contributed by atoms with van der Waals surface area (Å²) in [6.45, 7) is 0. The largest absolute Gasteiger partial charge is 0.465 e. The first kappa shape index (κ1) is 11.6. The highest BCUT2D eigenvalue weighted by Gasteiger charge is 2.20. The summed E-state index contributed by atoms with van der Waals surface area (Å²) < 4.78 is 29.1. The van der Waals surface area contributed by atoms with Crippen molar-refractivity contribution in [2.75, 3.05) is 12.8 Å². The number of hydrogen-bond donors (Lipinski definition) is 1. The maximum Gasteiger partial charge on any atom is 0.341 e. The van der Waals surface area contributed by atoms with Gasteiger partial charge in [0.1, 0.15) is 11.0 Å². The van der Waals surface area contributed by atoms with Crippen molar-refractivity contribution in [1.29, 1.82) is 0 Å². The number of alkyl halides is 2. The molecule has 7 heteroatoms. The predicted octanol–water partition coefficient (Wildman–Crippen LogP) is 2.04. The van der Waals surface area contributed by atoms with Crippen LogP contribution in [0.5, 0.6) is 0 Å². The summed E-state index contributed by atoms with van der Waals surface area (Å²) in [7, 11) is 1.11. The molecule has 0 radical (unpaired) electrons. The van der Waals surface area contributed by atoms with E-state index in [1.54, 1.807) is 0 Å². The van der Waals surface area contributed by atoms with Crippen LogP contribution in [-0.4, -0.2) is 18.1 Å². The zero-order chi connectivity index (χ0) is 11.6. The van der Waals surface area contributed by atoms with Gasteiger partial charge in [-0.2, -0.15) is 0 Å². The number of nitrogens with zero attached hydrogens (tertiary/aromatic N) is 1. The van der Waals surface area contributed by atoms with Gasteiger partial charge in [0.15, 0.2) is 0 Å². The Bertz CT molecular complexity index is 398. The predicted molar refractivity (Wildman–Crippen MR) is 50.0 cm³/mol. The number of rotatable bonds is 2. The van der Waals surface area contributed by atoms with Gasteiger partial charge in [0.2, 0.25) is 0 Å². The maximum absolute atomic E-state index is 12.4. The Labute approximate surface area is 89.0 Å². The van der Waals surface area contributed by atoms with Gasteiger partial charge in [-0.15, -0.1) is 0 Å². The van der Waals surface area contributed by atoms with E-state index < -0.39 is 23.8 Å². The van der Waals surface area contributed by atoms with E-state index in [4.69, 9.17) is 17.3 Å². The number of esters is 1. The van der Waals surface area contributed by atoms with Crippen molar-refractivity contribution < 1.29 is 18.3 Å². The van der Waals surface area contributed by atoms with Crippen LogP contribution in [-0.2, 0) is 4.74 Å². The van der Waals surface area contributed by atoms with E-state index in [0.29, 0.717) is 0 Å². The van der Waals surface area contributed by atoms with Crippen molar-refractivity contribution in [2.45, 2.75) is 6.43 Å². The van der Waals surface area contributed by atoms with Crippen LogP contribution in [0.25, 0.3) is 0 Å². The Morgan fingerprint density at radius 1 is 1.67 bits per heavy atom. The molecule has 0 aliphatic heterocycles. The van der Waals surface area contributed by atoms with E-state index in [9.17, 15) is 13.6 Å². The van der Waals surface area contributed by atoms with Gasteiger partial charge in [-0.05, 0) is 6.07 Å². The monoisotopic (exact) mass is 236 g/mol. The molecule has 82 valence electrons. The molecule has 4 nitrogen and oxygen atoms in total. The molecule has 0 saturated carbocycles. The molecule has 0 fully saturated rings. The molecule has 15 heavy (non-hydrogen) atoms. The van der Waals surface area contributed by atoms with Gasteiger partial charge >= 0.3 is 5.97 Å². The average Bonchev–Trinajstić information content (AvgIpc) is 2.16. The summed E-state index contributed by atoms with van der Waals surface area (Å²) in [5.41, 5.74) is 4.43. The van der Waals surface area contributed by atoms with Crippen LogP contribution in [0.3, 0.4) is 0 Å². The third-order valence-electron chi connectivity index (χ3n) is 1.68. The first-order chi connectivity index (χ1) is 6.97. The third-order valence-corrected chi connectivity index (χ3v) is 1.96. The van der Waals surface area contributed by atoms with Crippen molar-refractivity contribution >= 4 is 23.4 Å². The lowest BCUT2D eigenvalue weighted by molar-refractivity contribution is 0.0600. The second-order valence-electron chi connectivity index (χ2n) is 2.59. The SMILES string of the molecule is COC(=O)c1cc(C(F)F)c(N)nc1Cl. The van der Waals surface area contributed by atoms with Gasteiger partial charge in [0, 0.05) is 0 Å². The number of aromatic nitrogens is 1. The van der Waals surface area contributed by atoms with E-state index in [0.717, 1.165) is 13.2 Å². The Kier molecular flexibility index (Phi) is 3.41. The highest BCUT2D eigenvalue weighted by molar-refractivity contribution is 6.32. The van der Waals surface area contributed by atoms with Gasteiger partial charge in [0.25, 0.3) is 6.43 Å². The van der Waals surface area contributed by atoms with Gasteiger partial charge in [0.05, 0.1) is 18.2 Å². The molecule has 0 amide bonds. The number of halogens is 3. The van der Waals surface area contributed by atoms with Crippen molar-refractivity contribution in [3.8, 4) is 0 Å². The van der Waals surface area contributed by atoms with E-state index in [-0.39, 0.29) is 10.7 Å². The molecule has 0 atom stereocenters. The standard InChI is InChI=1S/C8H7ClF2N2O2/c1-15-8(14)3-2-4(6(10)11)7(12)13-5(3)9/h2,6H,1H3,(H2,12,13). The zero-order valence-electron chi connectivity index (χ0n) is 7.63. The van der Waals surface area contributed by atoms with Crippen molar-refractivity contribution in [1.82, 2.24) is 4.98 Å². The van der Waals surface area contributed by atoms with E-state index in [2.05, 4.69) is 9.72 Å². The second-order valence-corrected chi connectivity index (χ2v) is 2.95. The molecule has 2 N–H and O–H groups in total. The molecule has 1 aromatic rings. The molecule has 0 aromatic carbocycles. The van der Waals surface area contributed by atoms with Crippen LogP contribution in [0.1, 0.15) is 22.3 Å². The Morgan fingerprint density at radius 2 is 2.27 bits per heavy atom. The minimum absolute atomic E-state index is 0.233. The van der Waals surface area contributed by atoms with Gasteiger partial charge in [-0.3, -0.25) is 0 Å². The van der Waals surface area contributed by atoms with Crippen LogP contribution >= 0.6 is 11.6 Å².